The zero-order valence-electron chi connectivity index (χ0n) is 10.7. The number of carbonyl (C=O) groups is 1. The molecular weight excluding hydrogens is 230 g/mol. The number of likely N-dealkylation sites (tertiary alicyclic amines) is 1. The van der Waals surface area contributed by atoms with Crippen molar-refractivity contribution >= 4 is 5.91 Å². The highest BCUT2D eigenvalue weighted by Gasteiger charge is 2.34. The van der Waals surface area contributed by atoms with Crippen LogP contribution in [-0.4, -0.2) is 47.2 Å². The normalized spacial score (nSPS) is 27.7. The lowest BCUT2D eigenvalue weighted by atomic mass is 9.83. The molecule has 2 aliphatic rings. The predicted molar refractivity (Wildman–Crippen MR) is 66.6 cm³/mol. The molecule has 0 spiro atoms. The molecule has 1 aliphatic heterocycles. The minimum absolute atomic E-state index is 0.0902. The van der Waals surface area contributed by atoms with Crippen molar-refractivity contribution in [2.24, 2.45) is 0 Å². The molecule has 0 aromatic carbocycles. The summed E-state index contributed by atoms with van der Waals surface area (Å²) in [6.45, 7) is 1.61. The van der Waals surface area contributed by atoms with E-state index in [1.54, 1.807) is 0 Å². The van der Waals surface area contributed by atoms with E-state index in [9.17, 15) is 15.2 Å². The Morgan fingerprint density at radius 3 is 2.72 bits per heavy atom. The third kappa shape index (κ3) is 3.21. The monoisotopic (exact) mass is 251 g/mol. The first-order valence-electron chi connectivity index (χ1n) is 6.76. The molecule has 1 aliphatic carbocycles. The molecule has 2 rings (SSSR count). The summed E-state index contributed by atoms with van der Waals surface area (Å²) >= 11 is 0. The van der Waals surface area contributed by atoms with E-state index in [-0.39, 0.29) is 12.0 Å². The largest absolute Gasteiger partial charge is 0.392 e. The van der Waals surface area contributed by atoms with Gasteiger partial charge in [-0.05, 0) is 19.3 Å². The SMILES string of the molecule is N#CC1(NC(=O)CN2CC[C@H](O)C2)CCCCC1. The summed E-state index contributed by atoms with van der Waals surface area (Å²) in [7, 11) is 0. The molecule has 0 bridgehead atoms. The van der Waals surface area contributed by atoms with E-state index in [4.69, 9.17) is 0 Å². The fourth-order valence-corrected chi connectivity index (χ4v) is 2.89. The van der Waals surface area contributed by atoms with E-state index in [1.165, 1.54) is 0 Å². The molecule has 1 saturated carbocycles. The molecule has 1 saturated heterocycles. The Balaban J connectivity index is 1.84. The van der Waals surface area contributed by atoms with Crippen LogP contribution in [0.1, 0.15) is 38.5 Å². The van der Waals surface area contributed by atoms with Crippen LogP contribution in [0.2, 0.25) is 0 Å². The molecule has 1 amide bonds. The number of aliphatic hydroxyl groups excluding tert-OH is 1. The molecule has 0 aromatic rings. The number of hydrogen-bond donors (Lipinski definition) is 2. The van der Waals surface area contributed by atoms with Crippen LogP contribution in [0, 0.1) is 11.3 Å². The van der Waals surface area contributed by atoms with Crippen LogP contribution in [0.5, 0.6) is 0 Å². The standard InChI is InChI=1S/C13H21N3O2/c14-10-13(5-2-1-3-6-13)15-12(18)9-16-7-4-11(17)8-16/h11,17H,1-9H2,(H,15,18)/t11-/m0/s1. The van der Waals surface area contributed by atoms with Gasteiger partial charge in [-0.15, -0.1) is 0 Å². The fourth-order valence-electron chi connectivity index (χ4n) is 2.89. The van der Waals surface area contributed by atoms with Gasteiger partial charge in [0.05, 0.1) is 18.7 Å². The topological polar surface area (TPSA) is 76.4 Å². The van der Waals surface area contributed by atoms with Gasteiger partial charge in [0, 0.05) is 13.1 Å². The minimum Gasteiger partial charge on any atom is -0.392 e. The van der Waals surface area contributed by atoms with Gasteiger partial charge in [0.2, 0.25) is 5.91 Å². The Morgan fingerprint density at radius 1 is 1.44 bits per heavy atom. The van der Waals surface area contributed by atoms with Gasteiger partial charge in [0.1, 0.15) is 5.54 Å². The van der Waals surface area contributed by atoms with Crippen LogP contribution in [0.3, 0.4) is 0 Å². The van der Waals surface area contributed by atoms with E-state index in [1.807, 2.05) is 4.90 Å². The van der Waals surface area contributed by atoms with Gasteiger partial charge in [0.25, 0.3) is 0 Å². The number of rotatable bonds is 3. The van der Waals surface area contributed by atoms with Crippen molar-refractivity contribution in [3.63, 3.8) is 0 Å². The first-order valence-corrected chi connectivity index (χ1v) is 6.76. The van der Waals surface area contributed by atoms with E-state index in [0.29, 0.717) is 13.1 Å². The van der Waals surface area contributed by atoms with Gasteiger partial charge in [0.15, 0.2) is 0 Å². The van der Waals surface area contributed by atoms with Crippen molar-refractivity contribution < 1.29 is 9.90 Å². The predicted octanol–water partition coefficient (Wildman–Crippen LogP) is 0.396. The molecule has 5 heteroatoms. The number of amides is 1. The summed E-state index contributed by atoms with van der Waals surface area (Å²) in [5.41, 5.74) is -0.645. The number of nitrogens with zero attached hydrogens (tertiary/aromatic N) is 2. The summed E-state index contributed by atoms with van der Waals surface area (Å²) in [5, 5.41) is 21.6. The second-order valence-corrected chi connectivity index (χ2v) is 5.48. The first-order chi connectivity index (χ1) is 8.63. The van der Waals surface area contributed by atoms with Crippen molar-refractivity contribution in [3.05, 3.63) is 0 Å². The maximum absolute atomic E-state index is 12.0. The molecule has 100 valence electrons. The van der Waals surface area contributed by atoms with Crippen molar-refractivity contribution in [1.82, 2.24) is 10.2 Å². The molecular formula is C13H21N3O2. The second-order valence-electron chi connectivity index (χ2n) is 5.48. The second kappa shape index (κ2) is 5.68. The Morgan fingerprint density at radius 2 is 2.17 bits per heavy atom. The molecule has 0 aromatic heterocycles. The quantitative estimate of drug-likeness (QED) is 0.761. The van der Waals surface area contributed by atoms with Gasteiger partial charge in [-0.1, -0.05) is 19.3 Å². The third-order valence-electron chi connectivity index (χ3n) is 3.91. The van der Waals surface area contributed by atoms with Crippen molar-refractivity contribution in [2.75, 3.05) is 19.6 Å². The average molecular weight is 251 g/mol. The highest BCUT2D eigenvalue weighted by atomic mass is 16.3. The molecule has 2 N–H and O–H groups in total. The maximum atomic E-state index is 12.0. The van der Waals surface area contributed by atoms with Crippen LogP contribution in [0.4, 0.5) is 0 Å². The Labute approximate surface area is 108 Å². The molecule has 5 nitrogen and oxygen atoms in total. The van der Waals surface area contributed by atoms with Crippen molar-refractivity contribution in [2.45, 2.75) is 50.2 Å². The first kappa shape index (κ1) is 13.3. The molecule has 1 atom stereocenters. The maximum Gasteiger partial charge on any atom is 0.235 e. The number of β-amino-alcohol motifs (C(OH)–C–C–N with tert-alkyl or cyclic N) is 1. The lowest BCUT2D eigenvalue weighted by molar-refractivity contribution is -0.123. The van der Waals surface area contributed by atoms with Crippen LogP contribution in [0.25, 0.3) is 0 Å². The lowest BCUT2D eigenvalue weighted by Crippen LogP contribution is -2.51. The number of aliphatic hydroxyl groups is 1. The smallest absolute Gasteiger partial charge is 0.235 e. The van der Waals surface area contributed by atoms with Crippen LogP contribution >= 0.6 is 0 Å². The van der Waals surface area contributed by atoms with Gasteiger partial charge < -0.3 is 10.4 Å². The van der Waals surface area contributed by atoms with Crippen LogP contribution < -0.4 is 5.32 Å². The molecule has 0 unspecified atom stereocenters. The Bertz CT molecular complexity index is 345. The number of hydrogen-bond acceptors (Lipinski definition) is 4. The summed E-state index contributed by atoms with van der Waals surface area (Å²) in [6, 6.07) is 2.28. The highest BCUT2D eigenvalue weighted by Crippen LogP contribution is 2.27. The lowest BCUT2D eigenvalue weighted by Gasteiger charge is -2.32. The zero-order valence-corrected chi connectivity index (χ0v) is 10.7. The Kier molecular flexibility index (Phi) is 4.20. The third-order valence-corrected chi connectivity index (χ3v) is 3.91. The van der Waals surface area contributed by atoms with Gasteiger partial charge in [-0.25, -0.2) is 0 Å². The molecule has 2 fully saturated rings. The molecule has 18 heavy (non-hydrogen) atoms. The number of nitrogens with one attached hydrogen (secondary N) is 1. The van der Waals surface area contributed by atoms with Gasteiger partial charge in [-0.3, -0.25) is 9.69 Å². The van der Waals surface area contributed by atoms with Crippen molar-refractivity contribution in [3.8, 4) is 6.07 Å². The van der Waals surface area contributed by atoms with E-state index in [0.717, 1.165) is 45.1 Å². The van der Waals surface area contributed by atoms with Gasteiger partial charge >= 0.3 is 0 Å². The zero-order chi connectivity index (χ0) is 13.0. The minimum atomic E-state index is -0.645. The molecule has 1 heterocycles. The number of nitriles is 1. The van der Waals surface area contributed by atoms with Crippen molar-refractivity contribution in [1.29, 1.82) is 5.26 Å². The average Bonchev–Trinajstić information content (AvgIpc) is 2.75. The van der Waals surface area contributed by atoms with Crippen LogP contribution in [0.15, 0.2) is 0 Å². The van der Waals surface area contributed by atoms with Gasteiger partial charge in [-0.2, -0.15) is 5.26 Å². The van der Waals surface area contributed by atoms with E-state index in [2.05, 4.69) is 11.4 Å². The summed E-state index contributed by atoms with van der Waals surface area (Å²) in [4.78, 5) is 13.9. The van der Waals surface area contributed by atoms with E-state index < -0.39 is 5.54 Å². The summed E-state index contributed by atoms with van der Waals surface area (Å²) in [6.07, 6.45) is 5.12. The summed E-state index contributed by atoms with van der Waals surface area (Å²) < 4.78 is 0. The highest BCUT2D eigenvalue weighted by molar-refractivity contribution is 5.79. The Hall–Kier alpha value is -1.12. The van der Waals surface area contributed by atoms with Crippen LogP contribution in [-0.2, 0) is 4.79 Å². The fraction of sp³-hybridized carbons (Fsp3) is 0.846. The molecule has 0 radical (unpaired) electrons. The van der Waals surface area contributed by atoms with E-state index >= 15 is 0 Å². The number of carbonyl (C=O) groups excluding carboxylic acids is 1. The summed E-state index contributed by atoms with van der Waals surface area (Å²) in [5.74, 6) is -0.0902.